The topological polar surface area (TPSA) is 3.24 Å². The predicted octanol–water partition coefficient (Wildman–Crippen LogP) is 5.01. The lowest BCUT2D eigenvalue weighted by Gasteiger charge is -2.29. The highest BCUT2D eigenvalue weighted by Gasteiger charge is 2.19. The standard InChI is InChI=1S/C19H22BrN/c20-14-18(16-8-2-1-3-9-16)15-21-13-7-6-11-17-10-4-5-12-19(17)21/h1-5,8-10,12,18H,6-7,11,13-15H2. The molecule has 0 fully saturated rings. The van der Waals surface area contributed by atoms with Gasteiger partial charge >= 0.3 is 0 Å². The van der Waals surface area contributed by atoms with Crippen molar-refractivity contribution < 1.29 is 0 Å². The van der Waals surface area contributed by atoms with E-state index in [9.17, 15) is 0 Å². The van der Waals surface area contributed by atoms with Crippen LogP contribution < -0.4 is 4.90 Å². The Kier molecular flexibility index (Phi) is 4.97. The Morgan fingerprint density at radius 2 is 1.71 bits per heavy atom. The van der Waals surface area contributed by atoms with Crippen LogP contribution in [0.5, 0.6) is 0 Å². The molecule has 0 bridgehead atoms. The van der Waals surface area contributed by atoms with Crippen molar-refractivity contribution in [1.82, 2.24) is 0 Å². The second-order valence-corrected chi connectivity index (χ2v) is 6.44. The zero-order valence-corrected chi connectivity index (χ0v) is 13.9. The van der Waals surface area contributed by atoms with E-state index in [1.54, 1.807) is 0 Å². The summed E-state index contributed by atoms with van der Waals surface area (Å²) in [5.74, 6) is 0.539. The molecule has 0 radical (unpaired) electrons. The molecular weight excluding hydrogens is 322 g/mol. The lowest BCUT2D eigenvalue weighted by Crippen LogP contribution is -2.30. The summed E-state index contributed by atoms with van der Waals surface area (Å²) in [6.07, 6.45) is 3.81. The minimum absolute atomic E-state index is 0.539. The van der Waals surface area contributed by atoms with Gasteiger partial charge in [0.1, 0.15) is 0 Å². The van der Waals surface area contributed by atoms with Gasteiger partial charge in [0, 0.05) is 30.0 Å². The molecule has 1 atom stereocenters. The highest BCUT2D eigenvalue weighted by Crippen LogP contribution is 2.29. The number of hydrogen-bond acceptors (Lipinski definition) is 1. The second-order valence-electron chi connectivity index (χ2n) is 5.79. The Bertz CT molecular complexity index is 567. The molecule has 0 saturated carbocycles. The maximum Gasteiger partial charge on any atom is 0.0398 e. The van der Waals surface area contributed by atoms with Crippen molar-refractivity contribution in [3.8, 4) is 0 Å². The van der Waals surface area contributed by atoms with E-state index < -0.39 is 0 Å². The van der Waals surface area contributed by atoms with Gasteiger partial charge in [0.15, 0.2) is 0 Å². The third kappa shape index (κ3) is 3.49. The Labute approximate surface area is 136 Å². The molecule has 2 heteroatoms. The highest BCUT2D eigenvalue weighted by atomic mass is 79.9. The van der Waals surface area contributed by atoms with Gasteiger partial charge in [-0.1, -0.05) is 64.5 Å². The molecule has 21 heavy (non-hydrogen) atoms. The molecule has 3 rings (SSSR count). The van der Waals surface area contributed by atoms with Crippen LogP contribution in [0.15, 0.2) is 54.6 Å². The average Bonchev–Trinajstić information content (AvgIpc) is 2.76. The third-order valence-corrected chi connectivity index (χ3v) is 5.14. The number of hydrogen-bond donors (Lipinski definition) is 0. The first-order valence-electron chi connectivity index (χ1n) is 7.82. The summed E-state index contributed by atoms with van der Waals surface area (Å²) in [6.45, 7) is 2.26. The molecule has 0 spiro atoms. The van der Waals surface area contributed by atoms with Gasteiger partial charge in [-0.15, -0.1) is 0 Å². The SMILES string of the molecule is BrCC(CN1CCCCc2ccccc21)c1ccccc1. The first-order chi connectivity index (χ1) is 10.4. The van der Waals surface area contributed by atoms with E-state index in [1.807, 2.05) is 0 Å². The van der Waals surface area contributed by atoms with Crippen LogP contribution in [0.2, 0.25) is 0 Å². The molecule has 0 N–H and O–H groups in total. The molecule has 110 valence electrons. The molecule has 0 aromatic heterocycles. The van der Waals surface area contributed by atoms with Gasteiger partial charge in [0.2, 0.25) is 0 Å². The first kappa shape index (κ1) is 14.6. The van der Waals surface area contributed by atoms with Gasteiger partial charge in [-0.05, 0) is 36.5 Å². The van der Waals surface area contributed by atoms with Gasteiger partial charge in [0.05, 0.1) is 0 Å². The van der Waals surface area contributed by atoms with Gasteiger partial charge in [-0.3, -0.25) is 0 Å². The summed E-state index contributed by atoms with van der Waals surface area (Å²) in [6, 6.07) is 19.8. The van der Waals surface area contributed by atoms with Crippen molar-refractivity contribution >= 4 is 21.6 Å². The molecule has 0 saturated heterocycles. The van der Waals surface area contributed by atoms with Crippen molar-refractivity contribution in [2.24, 2.45) is 0 Å². The first-order valence-corrected chi connectivity index (χ1v) is 8.94. The van der Waals surface area contributed by atoms with Crippen molar-refractivity contribution in [1.29, 1.82) is 0 Å². The van der Waals surface area contributed by atoms with Gasteiger partial charge in [-0.25, -0.2) is 0 Å². The summed E-state index contributed by atoms with van der Waals surface area (Å²) in [5, 5.41) is 1.01. The monoisotopic (exact) mass is 343 g/mol. The Morgan fingerprint density at radius 1 is 0.952 bits per heavy atom. The van der Waals surface area contributed by atoms with Crippen LogP contribution in [0.25, 0.3) is 0 Å². The maximum absolute atomic E-state index is 3.71. The molecule has 1 aliphatic rings. The van der Waals surface area contributed by atoms with Gasteiger partial charge in [-0.2, -0.15) is 0 Å². The number of alkyl halides is 1. The molecule has 2 aromatic rings. The number of halogens is 1. The highest BCUT2D eigenvalue weighted by molar-refractivity contribution is 9.09. The minimum atomic E-state index is 0.539. The Balaban J connectivity index is 1.83. The number of aryl methyl sites for hydroxylation is 1. The second kappa shape index (κ2) is 7.13. The van der Waals surface area contributed by atoms with E-state index in [4.69, 9.17) is 0 Å². The maximum atomic E-state index is 3.71. The zero-order valence-electron chi connectivity index (χ0n) is 12.3. The molecular formula is C19H22BrN. The normalized spacial score (nSPS) is 16.1. The summed E-state index contributed by atoms with van der Waals surface area (Å²) in [5.41, 5.74) is 4.38. The lowest BCUT2D eigenvalue weighted by molar-refractivity contribution is 0.668. The fourth-order valence-corrected chi connectivity index (χ4v) is 3.77. The molecule has 1 unspecified atom stereocenters. The fourth-order valence-electron chi connectivity index (χ4n) is 3.19. The van der Waals surface area contributed by atoms with Crippen LogP contribution in [0.1, 0.15) is 29.9 Å². The largest absolute Gasteiger partial charge is 0.371 e. The number of rotatable bonds is 4. The van der Waals surface area contributed by atoms with Crippen LogP contribution in [0.4, 0.5) is 5.69 Å². The quantitative estimate of drug-likeness (QED) is 0.705. The van der Waals surface area contributed by atoms with Crippen LogP contribution in [-0.2, 0) is 6.42 Å². The molecule has 1 aliphatic heterocycles. The minimum Gasteiger partial charge on any atom is -0.371 e. The molecule has 1 heterocycles. The smallest absolute Gasteiger partial charge is 0.0398 e. The van der Waals surface area contributed by atoms with E-state index in [2.05, 4.69) is 75.4 Å². The average molecular weight is 344 g/mol. The molecule has 0 amide bonds. The summed E-state index contributed by atoms with van der Waals surface area (Å²) in [4.78, 5) is 2.58. The van der Waals surface area contributed by atoms with E-state index in [0.717, 1.165) is 11.9 Å². The van der Waals surface area contributed by atoms with Crippen molar-refractivity contribution in [2.75, 3.05) is 23.3 Å². The lowest BCUT2D eigenvalue weighted by atomic mass is 10.00. The molecule has 0 aliphatic carbocycles. The number of anilines is 1. The van der Waals surface area contributed by atoms with Crippen LogP contribution in [0, 0.1) is 0 Å². The van der Waals surface area contributed by atoms with E-state index >= 15 is 0 Å². The molecule has 2 aromatic carbocycles. The van der Waals surface area contributed by atoms with Crippen molar-refractivity contribution in [3.63, 3.8) is 0 Å². The van der Waals surface area contributed by atoms with Crippen molar-refractivity contribution in [3.05, 3.63) is 65.7 Å². The van der Waals surface area contributed by atoms with Gasteiger partial charge < -0.3 is 4.90 Å². The zero-order chi connectivity index (χ0) is 14.5. The summed E-state index contributed by atoms with van der Waals surface area (Å²) >= 11 is 3.71. The fraction of sp³-hybridized carbons (Fsp3) is 0.368. The van der Waals surface area contributed by atoms with Crippen molar-refractivity contribution in [2.45, 2.75) is 25.2 Å². The van der Waals surface area contributed by atoms with Crippen LogP contribution in [0.3, 0.4) is 0 Å². The summed E-state index contributed by atoms with van der Waals surface area (Å²) < 4.78 is 0. The Morgan fingerprint density at radius 3 is 2.52 bits per heavy atom. The van der Waals surface area contributed by atoms with E-state index in [0.29, 0.717) is 5.92 Å². The number of para-hydroxylation sites is 1. The number of nitrogens with zero attached hydrogens (tertiary/aromatic N) is 1. The Hall–Kier alpha value is -1.28. The van der Waals surface area contributed by atoms with Crippen LogP contribution >= 0.6 is 15.9 Å². The van der Waals surface area contributed by atoms with E-state index in [-0.39, 0.29) is 0 Å². The third-order valence-electron chi connectivity index (χ3n) is 4.35. The predicted molar refractivity (Wildman–Crippen MR) is 94.6 cm³/mol. The molecule has 1 nitrogen and oxygen atoms in total. The van der Waals surface area contributed by atoms with Crippen LogP contribution in [-0.4, -0.2) is 18.4 Å². The number of benzene rings is 2. The number of fused-ring (bicyclic) bond motifs is 1. The summed E-state index contributed by atoms with van der Waals surface area (Å²) in [7, 11) is 0. The van der Waals surface area contributed by atoms with Gasteiger partial charge in [0.25, 0.3) is 0 Å². The van der Waals surface area contributed by atoms with E-state index in [1.165, 1.54) is 42.6 Å².